The summed E-state index contributed by atoms with van der Waals surface area (Å²) >= 11 is 0. The summed E-state index contributed by atoms with van der Waals surface area (Å²) in [5, 5.41) is 9.40. The van der Waals surface area contributed by atoms with Crippen LogP contribution in [0.1, 0.15) is 15.9 Å². The van der Waals surface area contributed by atoms with Crippen molar-refractivity contribution in [2.75, 3.05) is 14.1 Å². The maximum atomic E-state index is 12.5. The van der Waals surface area contributed by atoms with Crippen LogP contribution in [0.5, 0.6) is 5.75 Å². The van der Waals surface area contributed by atoms with Gasteiger partial charge in [0.1, 0.15) is 5.75 Å². The number of hydrogen-bond acceptors (Lipinski definition) is 3. The first kappa shape index (κ1) is 14.1. The standard InChI is InChI=1S/C12H12F3NO2/c1-16(2)6-5-11(18)9-7-8(12(13,14)15)3-4-10(9)17/h3-7,17H,1-2H3. The van der Waals surface area contributed by atoms with Gasteiger partial charge in [-0.1, -0.05) is 0 Å². The maximum absolute atomic E-state index is 12.5. The van der Waals surface area contributed by atoms with E-state index in [0.29, 0.717) is 6.07 Å². The first-order valence-electron chi connectivity index (χ1n) is 5.01. The molecule has 1 aromatic carbocycles. The molecule has 0 saturated heterocycles. The van der Waals surface area contributed by atoms with Crippen LogP contribution in [-0.2, 0) is 6.18 Å². The fourth-order valence-electron chi connectivity index (χ4n) is 1.22. The van der Waals surface area contributed by atoms with E-state index in [-0.39, 0.29) is 5.56 Å². The summed E-state index contributed by atoms with van der Waals surface area (Å²) in [7, 11) is 3.32. The summed E-state index contributed by atoms with van der Waals surface area (Å²) < 4.78 is 37.4. The van der Waals surface area contributed by atoms with Gasteiger partial charge < -0.3 is 10.0 Å². The molecule has 0 aliphatic heterocycles. The van der Waals surface area contributed by atoms with E-state index in [9.17, 15) is 23.1 Å². The molecule has 0 aliphatic rings. The van der Waals surface area contributed by atoms with Crippen molar-refractivity contribution in [2.24, 2.45) is 0 Å². The highest BCUT2D eigenvalue weighted by Gasteiger charge is 2.31. The molecule has 1 aromatic rings. The lowest BCUT2D eigenvalue weighted by Crippen LogP contribution is -2.08. The Labute approximate surface area is 102 Å². The second kappa shape index (κ2) is 5.12. The molecule has 0 amide bonds. The second-order valence-electron chi connectivity index (χ2n) is 3.87. The molecular weight excluding hydrogens is 247 g/mol. The van der Waals surface area contributed by atoms with Gasteiger partial charge in [-0.05, 0) is 18.2 Å². The Morgan fingerprint density at radius 2 is 1.94 bits per heavy atom. The SMILES string of the molecule is CN(C)C=CC(=O)c1cc(C(F)(F)F)ccc1O. The monoisotopic (exact) mass is 259 g/mol. The fourth-order valence-corrected chi connectivity index (χ4v) is 1.22. The molecule has 0 heterocycles. The van der Waals surface area contributed by atoms with Crippen molar-refractivity contribution < 1.29 is 23.1 Å². The molecule has 0 radical (unpaired) electrons. The van der Waals surface area contributed by atoms with E-state index < -0.39 is 23.3 Å². The number of phenolic OH excluding ortho intramolecular Hbond substituents is 1. The quantitative estimate of drug-likeness (QED) is 0.670. The van der Waals surface area contributed by atoms with E-state index >= 15 is 0 Å². The molecule has 6 heteroatoms. The number of aromatic hydroxyl groups is 1. The lowest BCUT2D eigenvalue weighted by Gasteiger charge is -2.09. The van der Waals surface area contributed by atoms with Gasteiger partial charge in [0, 0.05) is 26.4 Å². The molecule has 0 fully saturated rings. The molecule has 0 aromatic heterocycles. The van der Waals surface area contributed by atoms with E-state index in [1.54, 1.807) is 19.0 Å². The molecule has 0 aliphatic carbocycles. The van der Waals surface area contributed by atoms with Gasteiger partial charge in [-0.25, -0.2) is 0 Å². The number of nitrogens with zero attached hydrogens (tertiary/aromatic N) is 1. The molecule has 0 unspecified atom stereocenters. The normalized spacial score (nSPS) is 11.8. The minimum Gasteiger partial charge on any atom is -0.507 e. The number of rotatable bonds is 3. The van der Waals surface area contributed by atoms with Crippen LogP contribution >= 0.6 is 0 Å². The summed E-state index contributed by atoms with van der Waals surface area (Å²) in [4.78, 5) is 13.2. The third kappa shape index (κ3) is 3.51. The first-order valence-corrected chi connectivity index (χ1v) is 5.01. The van der Waals surface area contributed by atoms with Gasteiger partial charge in [-0.3, -0.25) is 4.79 Å². The highest BCUT2D eigenvalue weighted by Crippen LogP contribution is 2.32. The third-order valence-corrected chi connectivity index (χ3v) is 2.11. The van der Waals surface area contributed by atoms with Gasteiger partial charge in [0.05, 0.1) is 11.1 Å². The second-order valence-corrected chi connectivity index (χ2v) is 3.87. The van der Waals surface area contributed by atoms with Crippen molar-refractivity contribution in [1.82, 2.24) is 4.90 Å². The van der Waals surface area contributed by atoms with Crippen LogP contribution in [0.15, 0.2) is 30.5 Å². The van der Waals surface area contributed by atoms with E-state index in [4.69, 9.17) is 0 Å². The molecule has 0 spiro atoms. The Morgan fingerprint density at radius 3 is 2.44 bits per heavy atom. The molecule has 1 N–H and O–H groups in total. The van der Waals surface area contributed by atoms with Crippen LogP contribution in [-0.4, -0.2) is 29.9 Å². The van der Waals surface area contributed by atoms with E-state index in [1.165, 1.54) is 6.20 Å². The minimum absolute atomic E-state index is 0.372. The number of alkyl halides is 3. The number of carbonyl (C=O) groups excluding carboxylic acids is 1. The van der Waals surface area contributed by atoms with Crippen molar-refractivity contribution in [2.45, 2.75) is 6.18 Å². The number of hydrogen-bond donors (Lipinski definition) is 1. The Kier molecular flexibility index (Phi) is 4.00. The first-order chi connectivity index (χ1) is 8.21. The van der Waals surface area contributed by atoms with Gasteiger partial charge in [-0.2, -0.15) is 13.2 Å². The summed E-state index contributed by atoms with van der Waals surface area (Å²) in [6, 6.07) is 2.22. The molecule has 0 bridgehead atoms. The highest BCUT2D eigenvalue weighted by atomic mass is 19.4. The predicted octanol–water partition coefficient (Wildman–Crippen LogP) is 2.67. The highest BCUT2D eigenvalue weighted by molar-refractivity contribution is 6.06. The van der Waals surface area contributed by atoms with E-state index in [1.807, 2.05) is 0 Å². The van der Waals surface area contributed by atoms with Crippen molar-refractivity contribution in [1.29, 1.82) is 0 Å². The van der Waals surface area contributed by atoms with Crippen LogP contribution < -0.4 is 0 Å². The number of carbonyl (C=O) groups is 1. The minimum atomic E-state index is -4.55. The average molecular weight is 259 g/mol. The fraction of sp³-hybridized carbons (Fsp3) is 0.250. The molecule has 0 saturated carbocycles. The average Bonchev–Trinajstić information content (AvgIpc) is 2.24. The number of halogens is 3. The van der Waals surface area contributed by atoms with Crippen molar-refractivity contribution in [3.8, 4) is 5.75 Å². The summed E-state index contributed by atoms with van der Waals surface area (Å²) in [5.74, 6) is -1.16. The van der Waals surface area contributed by atoms with E-state index in [0.717, 1.165) is 18.2 Å². The van der Waals surface area contributed by atoms with Crippen LogP contribution in [0, 0.1) is 0 Å². The zero-order valence-electron chi connectivity index (χ0n) is 9.82. The predicted molar refractivity (Wildman–Crippen MR) is 60.3 cm³/mol. The van der Waals surface area contributed by atoms with Crippen LogP contribution in [0.25, 0.3) is 0 Å². The van der Waals surface area contributed by atoms with E-state index in [2.05, 4.69) is 0 Å². The third-order valence-electron chi connectivity index (χ3n) is 2.11. The Bertz CT molecular complexity index is 479. The van der Waals surface area contributed by atoms with Crippen molar-refractivity contribution in [3.63, 3.8) is 0 Å². The van der Waals surface area contributed by atoms with Crippen LogP contribution in [0.2, 0.25) is 0 Å². The molecular formula is C12H12F3NO2. The zero-order valence-corrected chi connectivity index (χ0v) is 9.82. The number of ketones is 1. The Hall–Kier alpha value is -1.98. The summed E-state index contributed by atoms with van der Waals surface area (Å²) in [6.45, 7) is 0. The molecule has 3 nitrogen and oxygen atoms in total. The van der Waals surface area contributed by atoms with Gasteiger partial charge in [0.2, 0.25) is 0 Å². The van der Waals surface area contributed by atoms with Gasteiger partial charge in [-0.15, -0.1) is 0 Å². The number of phenols is 1. The molecule has 0 atom stereocenters. The Balaban J connectivity index is 3.12. The lowest BCUT2D eigenvalue weighted by molar-refractivity contribution is -0.137. The summed E-state index contributed by atoms with van der Waals surface area (Å²) in [5.41, 5.74) is -1.34. The number of benzene rings is 1. The smallest absolute Gasteiger partial charge is 0.416 e. The maximum Gasteiger partial charge on any atom is 0.416 e. The molecule has 18 heavy (non-hydrogen) atoms. The lowest BCUT2D eigenvalue weighted by atomic mass is 10.1. The molecule has 1 rings (SSSR count). The van der Waals surface area contributed by atoms with Gasteiger partial charge in [0.25, 0.3) is 0 Å². The van der Waals surface area contributed by atoms with Gasteiger partial charge in [0.15, 0.2) is 5.78 Å². The zero-order chi connectivity index (χ0) is 13.9. The largest absolute Gasteiger partial charge is 0.507 e. The van der Waals surface area contributed by atoms with Gasteiger partial charge >= 0.3 is 6.18 Å². The van der Waals surface area contributed by atoms with Crippen LogP contribution in [0.4, 0.5) is 13.2 Å². The van der Waals surface area contributed by atoms with Crippen LogP contribution in [0.3, 0.4) is 0 Å². The summed E-state index contributed by atoms with van der Waals surface area (Å²) in [6.07, 6.45) is -2.06. The van der Waals surface area contributed by atoms with Crippen molar-refractivity contribution >= 4 is 5.78 Å². The van der Waals surface area contributed by atoms with Crippen molar-refractivity contribution in [3.05, 3.63) is 41.6 Å². The molecule has 98 valence electrons. The Morgan fingerprint density at radius 1 is 1.33 bits per heavy atom. The number of allylic oxidation sites excluding steroid dienone is 1. The topological polar surface area (TPSA) is 40.5 Å².